The second kappa shape index (κ2) is 3.43. The molecule has 0 aliphatic carbocycles. The lowest BCUT2D eigenvalue weighted by Crippen LogP contribution is -1.84. The molecule has 13 heavy (non-hydrogen) atoms. The molecular weight excluding hydrogens is 250 g/mol. The van der Waals surface area contributed by atoms with Gasteiger partial charge in [0.05, 0.1) is 0 Å². The standard InChI is InChI=1S/C8H6BrN3S/c9-6-7(10)12-8(13-6)5-1-3-11-4-2-5/h1-4H,10H2. The van der Waals surface area contributed by atoms with Gasteiger partial charge in [-0.05, 0) is 28.1 Å². The molecule has 66 valence electrons. The first kappa shape index (κ1) is 8.65. The van der Waals surface area contributed by atoms with E-state index in [2.05, 4.69) is 25.9 Å². The van der Waals surface area contributed by atoms with E-state index < -0.39 is 0 Å². The Bertz CT molecular complexity index is 393. The fourth-order valence-corrected chi connectivity index (χ4v) is 2.20. The highest BCUT2D eigenvalue weighted by molar-refractivity contribution is 9.11. The summed E-state index contributed by atoms with van der Waals surface area (Å²) >= 11 is 4.85. The zero-order chi connectivity index (χ0) is 9.26. The third-order valence-corrected chi connectivity index (χ3v) is 3.34. The lowest BCUT2D eigenvalue weighted by Gasteiger charge is -1.91. The summed E-state index contributed by atoms with van der Waals surface area (Å²) in [6.45, 7) is 0. The van der Waals surface area contributed by atoms with Crippen LogP contribution in [-0.4, -0.2) is 9.97 Å². The predicted molar refractivity (Wildman–Crippen MR) is 57.5 cm³/mol. The largest absolute Gasteiger partial charge is 0.382 e. The van der Waals surface area contributed by atoms with Crippen LogP contribution in [-0.2, 0) is 0 Å². The Kier molecular flexibility index (Phi) is 2.28. The number of nitrogens with two attached hydrogens (primary N) is 1. The van der Waals surface area contributed by atoms with Crippen LogP contribution in [0.2, 0.25) is 0 Å². The van der Waals surface area contributed by atoms with E-state index in [0.717, 1.165) is 14.4 Å². The van der Waals surface area contributed by atoms with Crippen LogP contribution in [0.4, 0.5) is 5.82 Å². The Hall–Kier alpha value is -0.940. The Morgan fingerprint density at radius 2 is 2.00 bits per heavy atom. The van der Waals surface area contributed by atoms with Gasteiger partial charge in [0, 0.05) is 18.0 Å². The minimum atomic E-state index is 0.539. The van der Waals surface area contributed by atoms with Gasteiger partial charge in [0.1, 0.15) is 14.6 Å². The number of thiazole rings is 1. The van der Waals surface area contributed by atoms with Gasteiger partial charge >= 0.3 is 0 Å². The minimum Gasteiger partial charge on any atom is -0.382 e. The number of halogens is 1. The molecule has 0 saturated carbocycles. The molecular formula is C8H6BrN3S. The van der Waals surface area contributed by atoms with Crippen LogP contribution in [0.15, 0.2) is 28.3 Å². The molecule has 0 unspecified atom stereocenters. The Morgan fingerprint density at radius 3 is 2.54 bits per heavy atom. The molecule has 0 amide bonds. The van der Waals surface area contributed by atoms with Crippen LogP contribution in [0.1, 0.15) is 0 Å². The summed E-state index contributed by atoms with van der Waals surface area (Å²) in [5.74, 6) is 0.539. The molecule has 0 spiro atoms. The lowest BCUT2D eigenvalue weighted by molar-refractivity contribution is 1.32. The smallest absolute Gasteiger partial charge is 0.149 e. The fraction of sp³-hybridized carbons (Fsp3) is 0. The third kappa shape index (κ3) is 1.71. The molecule has 0 aliphatic rings. The van der Waals surface area contributed by atoms with E-state index >= 15 is 0 Å². The topological polar surface area (TPSA) is 51.8 Å². The zero-order valence-electron chi connectivity index (χ0n) is 6.57. The van der Waals surface area contributed by atoms with E-state index in [4.69, 9.17) is 5.73 Å². The Balaban J connectivity index is 2.48. The van der Waals surface area contributed by atoms with Gasteiger partial charge in [0.15, 0.2) is 0 Å². The summed E-state index contributed by atoms with van der Waals surface area (Å²) < 4.78 is 0.874. The van der Waals surface area contributed by atoms with Crippen LogP contribution < -0.4 is 5.73 Å². The second-order valence-electron chi connectivity index (χ2n) is 2.41. The van der Waals surface area contributed by atoms with Crippen molar-refractivity contribution in [1.82, 2.24) is 9.97 Å². The first-order chi connectivity index (χ1) is 6.27. The fourth-order valence-electron chi connectivity index (χ4n) is 0.931. The van der Waals surface area contributed by atoms with Crippen molar-refractivity contribution in [3.63, 3.8) is 0 Å². The number of rotatable bonds is 1. The van der Waals surface area contributed by atoms with Crippen LogP contribution in [0.25, 0.3) is 10.6 Å². The van der Waals surface area contributed by atoms with Crippen molar-refractivity contribution in [3.8, 4) is 10.6 Å². The maximum atomic E-state index is 5.61. The molecule has 0 fully saturated rings. The third-order valence-electron chi connectivity index (χ3n) is 1.54. The Morgan fingerprint density at radius 1 is 1.31 bits per heavy atom. The van der Waals surface area contributed by atoms with Gasteiger partial charge in [0.2, 0.25) is 0 Å². The van der Waals surface area contributed by atoms with E-state index in [0.29, 0.717) is 5.82 Å². The molecule has 2 aromatic rings. The Labute approximate surface area is 87.8 Å². The van der Waals surface area contributed by atoms with E-state index in [1.54, 1.807) is 12.4 Å². The summed E-state index contributed by atoms with van der Waals surface area (Å²) in [5.41, 5.74) is 6.65. The molecule has 2 aromatic heterocycles. The number of anilines is 1. The van der Waals surface area contributed by atoms with E-state index in [1.165, 1.54) is 11.3 Å². The summed E-state index contributed by atoms with van der Waals surface area (Å²) in [4.78, 5) is 8.14. The molecule has 3 nitrogen and oxygen atoms in total. The molecule has 0 aliphatic heterocycles. The second-order valence-corrected chi connectivity index (χ2v) is 4.73. The van der Waals surface area contributed by atoms with Gasteiger partial charge in [-0.2, -0.15) is 0 Å². The monoisotopic (exact) mass is 255 g/mol. The van der Waals surface area contributed by atoms with Crippen LogP contribution in [0, 0.1) is 0 Å². The first-order valence-corrected chi connectivity index (χ1v) is 5.20. The normalized spacial score (nSPS) is 10.2. The van der Waals surface area contributed by atoms with Gasteiger partial charge in [-0.15, -0.1) is 11.3 Å². The highest BCUT2D eigenvalue weighted by Crippen LogP contribution is 2.32. The lowest BCUT2D eigenvalue weighted by atomic mass is 10.3. The molecule has 2 rings (SSSR count). The molecule has 0 aromatic carbocycles. The van der Waals surface area contributed by atoms with E-state index in [1.807, 2.05) is 12.1 Å². The SMILES string of the molecule is Nc1nc(-c2ccncc2)sc1Br. The molecule has 0 radical (unpaired) electrons. The minimum absolute atomic E-state index is 0.539. The zero-order valence-corrected chi connectivity index (χ0v) is 8.97. The van der Waals surface area contributed by atoms with Crippen LogP contribution in [0.5, 0.6) is 0 Å². The van der Waals surface area contributed by atoms with Gasteiger partial charge in [-0.3, -0.25) is 4.98 Å². The maximum Gasteiger partial charge on any atom is 0.149 e. The first-order valence-electron chi connectivity index (χ1n) is 3.59. The summed E-state index contributed by atoms with van der Waals surface area (Å²) in [7, 11) is 0. The molecule has 5 heteroatoms. The highest BCUT2D eigenvalue weighted by Gasteiger charge is 2.06. The van der Waals surface area contributed by atoms with Crippen molar-refractivity contribution < 1.29 is 0 Å². The molecule has 2 heterocycles. The van der Waals surface area contributed by atoms with Crippen molar-refractivity contribution in [2.24, 2.45) is 0 Å². The summed E-state index contributed by atoms with van der Waals surface area (Å²) in [5, 5.41) is 0.909. The van der Waals surface area contributed by atoms with Gasteiger partial charge in [-0.25, -0.2) is 4.98 Å². The number of hydrogen-bond donors (Lipinski definition) is 1. The number of pyridine rings is 1. The van der Waals surface area contributed by atoms with Crippen molar-refractivity contribution >= 4 is 33.1 Å². The molecule has 0 saturated heterocycles. The molecule has 2 N–H and O–H groups in total. The summed E-state index contributed by atoms with van der Waals surface area (Å²) in [6.07, 6.45) is 3.47. The number of nitrogens with zero attached hydrogens (tertiary/aromatic N) is 2. The average molecular weight is 256 g/mol. The van der Waals surface area contributed by atoms with Crippen molar-refractivity contribution in [2.75, 3.05) is 5.73 Å². The van der Waals surface area contributed by atoms with Gasteiger partial charge in [-0.1, -0.05) is 0 Å². The van der Waals surface area contributed by atoms with E-state index in [9.17, 15) is 0 Å². The number of hydrogen-bond acceptors (Lipinski definition) is 4. The van der Waals surface area contributed by atoms with Crippen LogP contribution in [0.3, 0.4) is 0 Å². The van der Waals surface area contributed by atoms with E-state index in [-0.39, 0.29) is 0 Å². The predicted octanol–water partition coefficient (Wildman–Crippen LogP) is 2.55. The molecule has 0 bridgehead atoms. The quantitative estimate of drug-likeness (QED) is 0.853. The van der Waals surface area contributed by atoms with Gasteiger partial charge in [0.25, 0.3) is 0 Å². The average Bonchev–Trinajstić information content (AvgIpc) is 2.49. The number of aromatic nitrogens is 2. The van der Waals surface area contributed by atoms with Crippen molar-refractivity contribution in [2.45, 2.75) is 0 Å². The number of nitrogen functional groups attached to an aromatic ring is 1. The van der Waals surface area contributed by atoms with Crippen molar-refractivity contribution in [1.29, 1.82) is 0 Å². The van der Waals surface area contributed by atoms with Crippen molar-refractivity contribution in [3.05, 3.63) is 28.3 Å². The summed E-state index contributed by atoms with van der Waals surface area (Å²) in [6, 6.07) is 3.81. The molecule has 0 atom stereocenters. The van der Waals surface area contributed by atoms with Gasteiger partial charge < -0.3 is 5.73 Å². The van der Waals surface area contributed by atoms with Crippen LogP contribution >= 0.6 is 27.3 Å². The highest BCUT2D eigenvalue weighted by atomic mass is 79.9. The maximum absolute atomic E-state index is 5.61.